The second kappa shape index (κ2) is 29.9. The van der Waals surface area contributed by atoms with E-state index in [0.29, 0.717) is 44.6 Å². The zero-order valence-corrected chi connectivity index (χ0v) is 66.1. The molecule has 0 aliphatic heterocycles. The predicted molar refractivity (Wildman–Crippen MR) is 527 cm³/mol. The lowest BCUT2D eigenvalue weighted by Crippen LogP contribution is -1.92. The molecule has 2 heteroatoms. The van der Waals surface area contributed by atoms with Gasteiger partial charge in [-0.1, -0.05) is 394 Å². The number of fused-ring (bicyclic) bond motifs is 16. The van der Waals surface area contributed by atoms with Crippen LogP contribution < -0.4 is 0 Å². The van der Waals surface area contributed by atoms with Crippen molar-refractivity contribution in [3.05, 3.63) is 461 Å². The van der Waals surface area contributed by atoms with Gasteiger partial charge in [-0.25, -0.2) is 0 Å². The van der Waals surface area contributed by atoms with Crippen LogP contribution in [-0.2, 0) is 0 Å². The maximum atomic E-state index is 9.05. The Morgan fingerprint density at radius 2 is 0.556 bits per heavy atom. The predicted octanol–water partition coefficient (Wildman–Crippen LogP) is 34.7. The van der Waals surface area contributed by atoms with Gasteiger partial charge in [-0.05, 0) is 270 Å². The van der Waals surface area contributed by atoms with Crippen LogP contribution in [0.4, 0.5) is 0 Å². The molecule has 0 aliphatic rings. The molecular formula is C122H76O2. The first kappa shape index (κ1) is 54.0. The van der Waals surface area contributed by atoms with Gasteiger partial charge in [0.05, 0.1) is 27.4 Å². The molecule has 0 fully saturated rings. The summed E-state index contributed by atoms with van der Waals surface area (Å²) in [6.07, 6.45) is 0. The van der Waals surface area contributed by atoms with Crippen LogP contribution in [0.2, 0.25) is 0 Å². The number of rotatable bonds is 11. The molecule has 2 aromatic heterocycles. The van der Waals surface area contributed by atoms with Crippen molar-refractivity contribution in [2.45, 2.75) is 0 Å². The van der Waals surface area contributed by atoms with Crippen molar-refractivity contribution in [2.24, 2.45) is 0 Å². The van der Waals surface area contributed by atoms with Crippen LogP contribution in [0.25, 0.3) is 252 Å². The summed E-state index contributed by atoms with van der Waals surface area (Å²) in [7, 11) is 0. The van der Waals surface area contributed by atoms with E-state index in [1.165, 1.54) is 0 Å². The molecule has 0 N–H and O–H groups in total. The fourth-order valence-corrected chi connectivity index (χ4v) is 19.0. The Morgan fingerprint density at radius 1 is 0.153 bits per heavy atom. The largest absolute Gasteiger partial charge is 0.456 e. The lowest BCUT2D eigenvalue weighted by molar-refractivity contribution is 0.669. The molecule has 0 spiro atoms. The molecule has 0 unspecified atom stereocenters. The summed E-state index contributed by atoms with van der Waals surface area (Å²) in [5, 5.41) is 18.6. The third kappa shape index (κ3) is 12.2. The molecule has 0 atom stereocenters. The fraction of sp³-hybridized carbons (Fsp3) is 0. The van der Waals surface area contributed by atoms with Gasteiger partial charge in [0.2, 0.25) is 0 Å². The normalized spacial score (nSPS) is 14.0. The van der Waals surface area contributed by atoms with Crippen LogP contribution in [-0.4, -0.2) is 0 Å². The van der Waals surface area contributed by atoms with E-state index in [9.17, 15) is 0 Å². The molecule has 124 heavy (non-hydrogen) atoms. The minimum absolute atomic E-state index is 0.0973. The highest BCUT2D eigenvalue weighted by Crippen LogP contribution is 2.51. The smallest absolute Gasteiger partial charge is 0.143 e. The number of hydrogen-bond acceptors (Lipinski definition) is 2. The molecule has 2 heterocycles. The number of benzene rings is 23. The van der Waals surface area contributed by atoms with Gasteiger partial charge in [0, 0.05) is 27.1 Å². The van der Waals surface area contributed by atoms with Crippen molar-refractivity contribution in [3.8, 4) is 122 Å². The highest BCUT2D eigenvalue weighted by atomic mass is 16.3. The highest BCUT2D eigenvalue weighted by Gasteiger charge is 2.25. The molecule has 25 rings (SSSR count). The van der Waals surface area contributed by atoms with Gasteiger partial charge in [-0.2, -0.15) is 0 Å². The van der Waals surface area contributed by atoms with E-state index in [1.54, 1.807) is 12.1 Å². The van der Waals surface area contributed by atoms with E-state index >= 15 is 0 Å². The summed E-state index contributed by atoms with van der Waals surface area (Å²) in [5.74, 6) is 0. The molecule has 0 saturated carbocycles. The first-order valence-corrected chi connectivity index (χ1v) is 41.1. The van der Waals surface area contributed by atoms with E-state index in [2.05, 4.69) is 158 Å². The van der Waals surface area contributed by atoms with E-state index in [0.717, 1.165) is 186 Å². The van der Waals surface area contributed by atoms with E-state index in [4.69, 9.17) is 36.2 Å². The van der Waals surface area contributed by atoms with Crippen LogP contribution in [0.15, 0.2) is 469 Å². The highest BCUT2D eigenvalue weighted by molar-refractivity contribution is 6.26. The Morgan fingerprint density at radius 3 is 1.15 bits per heavy atom. The minimum Gasteiger partial charge on any atom is -0.456 e. The van der Waals surface area contributed by atoms with Crippen molar-refractivity contribution in [1.82, 2.24) is 0 Å². The maximum Gasteiger partial charge on any atom is 0.143 e. The Kier molecular flexibility index (Phi) is 13.0. The van der Waals surface area contributed by atoms with Crippen molar-refractivity contribution < 1.29 is 36.2 Å². The molecule has 23 aromatic carbocycles. The van der Waals surface area contributed by atoms with Crippen LogP contribution in [0.3, 0.4) is 0 Å². The summed E-state index contributed by atoms with van der Waals surface area (Å²) in [6, 6.07) is 107. The summed E-state index contributed by atoms with van der Waals surface area (Å²) in [6.45, 7) is 0. The van der Waals surface area contributed by atoms with E-state index in [1.807, 2.05) is 170 Å². The Hall–Kier alpha value is -16.3. The quantitative estimate of drug-likeness (QED) is 0.0953. The lowest BCUT2D eigenvalue weighted by atomic mass is 9.84. The van der Waals surface area contributed by atoms with E-state index in [-0.39, 0.29) is 94.8 Å². The Bertz CT molecular complexity index is 9710. The van der Waals surface area contributed by atoms with Crippen molar-refractivity contribution >= 4 is 130 Å². The van der Waals surface area contributed by atoms with Crippen LogP contribution >= 0.6 is 0 Å². The molecule has 25 aromatic rings. The standard InChI is InChI=1S/C64H40O.C58H36O/c1-4-18-41(19-5-1)47-38-57(42-20-6-2-7-21-42)64-56-35-32-45(39-60(56)65-61(64)40-47)49-26-12-13-27-50(49)58-36-44-24-10-11-25-48(44)51-34-33-46(37-59(51)58)63-54-30-16-14-28-52(54)62(43-22-8-3-9-23-43)53-29-15-17-31-55(53)63;1-3-15-37(16-4-1)45-27-14-28-51-54-34-40(30-32-55(54)59-58(45)51)39-20-13-21-41(33-39)52-35-42-19-7-8-22-44(42)53-36-43(29-31-46(52)53)57-49-25-11-9-23-47(49)56(38-17-5-2-6-18-38)48-24-10-12-26-50(48)57/h1-40H;1-36H/i1D,3D,4D,5D,8D,9D,18D,19D,22D,23D;1D,2D,3D,4D,5D,6D,15D,16D,17D,18D. The number of para-hydroxylation sites is 1. The van der Waals surface area contributed by atoms with Crippen LogP contribution in [0.5, 0.6) is 0 Å². The zero-order valence-electron chi connectivity index (χ0n) is 86.1. The third-order valence-electron chi connectivity index (χ3n) is 24.4. The van der Waals surface area contributed by atoms with Gasteiger partial charge in [-0.3, -0.25) is 0 Å². The van der Waals surface area contributed by atoms with Crippen LogP contribution in [0.1, 0.15) is 27.4 Å². The molecule has 2 nitrogen and oxygen atoms in total. The summed E-state index contributed by atoms with van der Waals surface area (Å²) >= 11 is 0. The molecule has 0 aliphatic carbocycles. The molecule has 0 bridgehead atoms. The number of hydrogen-bond donors (Lipinski definition) is 0. The van der Waals surface area contributed by atoms with Gasteiger partial charge in [-0.15, -0.1) is 0 Å². The summed E-state index contributed by atoms with van der Waals surface area (Å²) < 4.78 is 185. The average Bonchev–Trinajstić information content (AvgIpc) is 1.01. The lowest BCUT2D eigenvalue weighted by Gasteiger charge is -2.19. The SMILES string of the molecule is [2H]c1c([2H])c([2H])c(-c2c3ccccc3c(-c3ccc4c(-c5cccc(-c6ccc7oc8c(-c9c([2H])c([2H])c([2H])c([2H])c9[2H])cccc8c7c6)c5)cc5ccccc5c4c3)c3ccccc23)c([2H])c1[2H].[2H]c1c([2H])c([2H])c(-c2cc(-c3ccccc3)c3c(c2)oc2cc(-c4ccccc4-c4cc5ccccc5c5ccc(-c6c7ccccc7c(-c7c([2H])c([2H])c([2H])c([2H])c7[2H])c7ccccc67)cc45)ccc23)c([2H])c1[2H]. The Labute approximate surface area is 745 Å². The van der Waals surface area contributed by atoms with Crippen molar-refractivity contribution in [3.63, 3.8) is 0 Å². The topological polar surface area (TPSA) is 26.3 Å². The fourth-order valence-electron chi connectivity index (χ4n) is 19.0. The maximum absolute atomic E-state index is 9.05. The molecule has 0 saturated heterocycles. The van der Waals surface area contributed by atoms with Gasteiger partial charge < -0.3 is 8.83 Å². The average molecular weight is 1590 g/mol. The molecular weight excluding hydrogens is 1500 g/mol. The van der Waals surface area contributed by atoms with Gasteiger partial charge in [0.15, 0.2) is 0 Å². The van der Waals surface area contributed by atoms with Gasteiger partial charge in [0.25, 0.3) is 0 Å². The molecule has 0 amide bonds. The minimum atomic E-state index is -0.448. The van der Waals surface area contributed by atoms with Crippen LogP contribution in [0, 0.1) is 0 Å². The molecule has 0 radical (unpaired) electrons. The molecule has 576 valence electrons. The van der Waals surface area contributed by atoms with E-state index < -0.39 is 48.3 Å². The van der Waals surface area contributed by atoms with Gasteiger partial charge in [0.1, 0.15) is 22.3 Å². The summed E-state index contributed by atoms with van der Waals surface area (Å²) in [4.78, 5) is 0. The zero-order chi connectivity index (χ0) is 99.1. The van der Waals surface area contributed by atoms with Crippen molar-refractivity contribution in [1.29, 1.82) is 0 Å². The van der Waals surface area contributed by atoms with Crippen molar-refractivity contribution in [2.75, 3.05) is 0 Å². The monoisotopic (exact) mass is 1590 g/mol. The second-order valence-corrected chi connectivity index (χ2v) is 31.2. The third-order valence-corrected chi connectivity index (χ3v) is 24.4. The first-order chi connectivity index (χ1) is 69.8. The van der Waals surface area contributed by atoms with Gasteiger partial charge >= 0.3 is 0 Å². The second-order valence-electron chi connectivity index (χ2n) is 31.2. The Balaban J connectivity index is 0.000000155. The summed E-state index contributed by atoms with van der Waals surface area (Å²) in [5.41, 5.74) is 18.4. The first-order valence-electron chi connectivity index (χ1n) is 51.1. The number of furan rings is 2.